The summed E-state index contributed by atoms with van der Waals surface area (Å²) < 4.78 is 5.07. The Kier molecular flexibility index (Phi) is 3.71. The second-order valence-electron chi connectivity index (χ2n) is 2.67. The van der Waals surface area contributed by atoms with E-state index in [0.717, 1.165) is 5.56 Å². The first-order valence-corrected chi connectivity index (χ1v) is 4.27. The van der Waals surface area contributed by atoms with E-state index in [1.807, 2.05) is 18.2 Å². The predicted molar refractivity (Wildman–Crippen MR) is 55.8 cm³/mol. The predicted octanol–water partition coefficient (Wildman–Crippen LogP) is 1.54. The fourth-order valence-corrected chi connectivity index (χ4v) is 1.17. The SMILES string of the molecule is COc1cccc(C=CCN)c1C#N. The Morgan fingerprint density at radius 3 is 2.93 bits per heavy atom. The van der Waals surface area contributed by atoms with E-state index in [2.05, 4.69) is 6.07 Å². The highest BCUT2D eigenvalue weighted by Gasteiger charge is 2.04. The average molecular weight is 188 g/mol. The third-order valence-electron chi connectivity index (χ3n) is 1.82. The van der Waals surface area contributed by atoms with E-state index >= 15 is 0 Å². The van der Waals surface area contributed by atoms with Gasteiger partial charge in [-0.2, -0.15) is 5.26 Å². The Labute approximate surface area is 83.4 Å². The van der Waals surface area contributed by atoms with E-state index in [-0.39, 0.29) is 0 Å². The zero-order chi connectivity index (χ0) is 10.4. The van der Waals surface area contributed by atoms with Gasteiger partial charge < -0.3 is 10.5 Å². The number of hydrogen-bond acceptors (Lipinski definition) is 3. The van der Waals surface area contributed by atoms with E-state index in [0.29, 0.717) is 17.9 Å². The number of hydrogen-bond donors (Lipinski definition) is 1. The van der Waals surface area contributed by atoms with Crippen LogP contribution in [0, 0.1) is 11.3 Å². The number of nitrogens with zero attached hydrogens (tertiary/aromatic N) is 1. The molecule has 0 aromatic heterocycles. The summed E-state index contributed by atoms with van der Waals surface area (Å²) in [6.07, 6.45) is 3.62. The van der Waals surface area contributed by atoms with Crippen LogP contribution in [-0.2, 0) is 0 Å². The van der Waals surface area contributed by atoms with Gasteiger partial charge in [0.05, 0.1) is 7.11 Å². The van der Waals surface area contributed by atoms with Crippen molar-refractivity contribution in [1.29, 1.82) is 5.26 Å². The number of nitriles is 1. The van der Waals surface area contributed by atoms with Crippen molar-refractivity contribution in [3.8, 4) is 11.8 Å². The third-order valence-corrected chi connectivity index (χ3v) is 1.82. The quantitative estimate of drug-likeness (QED) is 0.782. The zero-order valence-corrected chi connectivity index (χ0v) is 8.03. The van der Waals surface area contributed by atoms with Crippen LogP contribution < -0.4 is 10.5 Å². The summed E-state index contributed by atoms with van der Waals surface area (Å²) in [5, 5.41) is 8.93. The minimum absolute atomic E-state index is 0.460. The normalized spacial score (nSPS) is 10.1. The van der Waals surface area contributed by atoms with Crippen LogP contribution in [0.15, 0.2) is 24.3 Å². The van der Waals surface area contributed by atoms with Gasteiger partial charge in [-0.3, -0.25) is 0 Å². The van der Waals surface area contributed by atoms with E-state index in [9.17, 15) is 0 Å². The van der Waals surface area contributed by atoms with Crippen molar-refractivity contribution >= 4 is 6.08 Å². The number of rotatable bonds is 3. The summed E-state index contributed by atoms with van der Waals surface area (Å²) in [5.41, 5.74) is 6.71. The summed E-state index contributed by atoms with van der Waals surface area (Å²) in [6, 6.07) is 7.57. The molecular formula is C11H12N2O. The molecule has 3 heteroatoms. The molecule has 1 aromatic carbocycles. The minimum atomic E-state index is 0.460. The highest BCUT2D eigenvalue weighted by Crippen LogP contribution is 2.21. The van der Waals surface area contributed by atoms with Crippen molar-refractivity contribution in [2.24, 2.45) is 5.73 Å². The van der Waals surface area contributed by atoms with Crippen LogP contribution in [0.25, 0.3) is 6.08 Å². The molecule has 14 heavy (non-hydrogen) atoms. The number of ether oxygens (including phenoxy) is 1. The first-order valence-electron chi connectivity index (χ1n) is 4.27. The highest BCUT2D eigenvalue weighted by atomic mass is 16.5. The average Bonchev–Trinajstić information content (AvgIpc) is 2.25. The van der Waals surface area contributed by atoms with Crippen LogP contribution in [-0.4, -0.2) is 13.7 Å². The molecule has 1 rings (SSSR count). The van der Waals surface area contributed by atoms with Gasteiger partial charge in [-0.1, -0.05) is 24.3 Å². The molecule has 0 radical (unpaired) electrons. The molecule has 0 amide bonds. The van der Waals surface area contributed by atoms with Crippen LogP contribution in [0.1, 0.15) is 11.1 Å². The topological polar surface area (TPSA) is 59.0 Å². The van der Waals surface area contributed by atoms with E-state index in [1.165, 1.54) is 0 Å². The first-order chi connectivity index (χ1) is 6.83. The van der Waals surface area contributed by atoms with Gasteiger partial charge in [0.2, 0.25) is 0 Å². The van der Waals surface area contributed by atoms with Gasteiger partial charge >= 0.3 is 0 Å². The van der Waals surface area contributed by atoms with Crippen molar-refractivity contribution in [2.45, 2.75) is 0 Å². The monoisotopic (exact) mass is 188 g/mol. The molecule has 0 aliphatic carbocycles. The standard InChI is InChI=1S/C11H12N2O/c1-14-11-6-2-4-9(5-3-7-12)10(11)8-13/h2-6H,7,12H2,1H3. The van der Waals surface area contributed by atoms with E-state index in [4.69, 9.17) is 15.7 Å². The molecule has 3 nitrogen and oxygen atoms in total. The number of methoxy groups -OCH3 is 1. The lowest BCUT2D eigenvalue weighted by Gasteiger charge is -2.04. The Morgan fingerprint density at radius 2 is 2.36 bits per heavy atom. The number of nitrogens with two attached hydrogens (primary N) is 1. The van der Waals surface area contributed by atoms with Crippen LogP contribution in [0.3, 0.4) is 0 Å². The second kappa shape index (κ2) is 5.05. The first kappa shape index (κ1) is 10.3. The molecule has 0 fully saturated rings. The summed E-state index contributed by atoms with van der Waals surface area (Å²) in [6.45, 7) is 0.460. The van der Waals surface area contributed by atoms with Crippen molar-refractivity contribution in [3.05, 3.63) is 35.4 Å². The largest absolute Gasteiger partial charge is 0.495 e. The summed E-state index contributed by atoms with van der Waals surface area (Å²) in [4.78, 5) is 0. The van der Waals surface area contributed by atoms with Crippen LogP contribution in [0.5, 0.6) is 5.75 Å². The van der Waals surface area contributed by atoms with Crippen molar-refractivity contribution in [1.82, 2.24) is 0 Å². The molecule has 1 aromatic rings. The van der Waals surface area contributed by atoms with Crippen LogP contribution >= 0.6 is 0 Å². The molecule has 2 N–H and O–H groups in total. The van der Waals surface area contributed by atoms with Crippen molar-refractivity contribution in [2.75, 3.05) is 13.7 Å². The Hall–Kier alpha value is -1.79. The molecule has 72 valence electrons. The Balaban J connectivity index is 3.17. The maximum absolute atomic E-state index is 8.93. The summed E-state index contributed by atoms with van der Waals surface area (Å²) in [7, 11) is 1.55. The lowest BCUT2D eigenvalue weighted by Crippen LogP contribution is -1.94. The van der Waals surface area contributed by atoms with Gasteiger partial charge in [-0.15, -0.1) is 0 Å². The zero-order valence-electron chi connectivity index (χ0n) is 8.03. The molecule has 0 heterocycles. The van der Waals surface area contributed by atoms with E-state index < -0.39 is 0 Å². The molecule has 0 saturated heterocycles. The van der Waals surface area contributed by atoms with Crippen molar-refractivity contribution < 1.29 is 4.74 Å². The molecular weight excluding hydrogens is 176 g/mol. The fourth-order valence-electron chi connectivity index (χ4n) is 1.17. The van der Waals surface area contributed by atoms with Gasteiger partial charge in [0, 0.05) is 6.54 Å². The van der Waals surface area contributed by atoms with Gasteiger partial charge in [-0.25, -0.2) is 0 Å². The maximum Gasteiger partial charge on any atom is 0.137 e. The molecule has 0 unspecified atom stereocenters. The molecule has 0 spiro atoms. The maximum atomic E-state index is 8.93. The molecule has 0 bridgehead atoms. The van der Waals surface area contributed by atoms with E-state index in [1.54, 1.807) is 19.3 Å². The van der Waals surface area contributed by atoms with Crippen molar-refractivity contribution in [3.63, 3.8) is 0 Å². The molecule has 0 atom stereocenters. The Bertz CT molecular complexity index is 377. The second-order valence-corrected chi connectivity index (χ2v) is 2.67. The third kappa shape index (κ3) is 2.12. The highest BCUT2D eigenvalue weighted by molar-refractivity contribution is 5.62. The summed E-state index contributed by atoms with van der Waals surface area (Å²) in [5.74, 6) is 0.590. The summed E-state index contributed by atoms with van der Waals surface area (Å²) >= 11 is 0. The fraction of sp³-hybridized carbons (Fsp3) is 0.182. The van der Waals surface area contributed by atoms with Gasteiger partial charge in [0.1, 0.15) is 17.4 Å². The van der Waals surface area contributed by atoms with Gasteiger partial charge in [-0.05, 0) is 11.6 Å². The lowest BCUT2D eigenvalue weighted by molar-refractivity contribution is 0.413. The minimum Gasteiger partial charge on any atom is -0.495 e. The van der Waals surface area contributed by atoms with Gasteiger partial charge in [0.25, 0.3) is 0 Å². The van der Waals surface area contributed by atoms with Crippen LogP contribution in [0.4, 0.5) is 0 Å². The molecule has 0 aliphatic rings. The molecule has 0 saturated carbocycles. The van der Waals surface area contributed by atoms with Crippen LogP contribution in [0.2, 0.25) is 0 Å². The number of benzene rings is 1. The Morgan fingerprint density at radius 1 is 1.57 bits per heavy atom. The lowest BCUT2D eigenvalue weighted by atomic mass is 10.1. The smallest absolute Gasteiger partial charge is 0.137 e. The van der Waals surface area contributed by atoms with Gasteiger partial charge in [0.15, 0.2) is 0 Å². The molecule has 0 aliphatic heterocycles.